The van der Waals surface area contributed by atoms with Crippen LogP contribution in [0.25, 0.3) is 6.08 Å². The SMILES string of the molecule is [CH2]/C=C/c1cc(SC)c(SC)c(SC)c1. The number of hydrogen-bond acceptors (Lipinski definition) is 3. The molecule has 0 aliphatic rings. The van der Waals surface area contributed by atoms with Crippen LogP contribution in [0.3, 0.4) is 0 Å². The molecule has 0 bridgehead atoms. The Kier molecular flexibility index (Phi) is 5.72. The van der Waals surface area contributed by atoms with Gasteiger partial charge < -0.3 is 0 Å². The summed E-state index contributed by atoms with van der Waals surface area (Å²) in [7, 11) is 0. The van der Waals surface area contributed by atoms with E-state index in [1.807, 2.05) is 23.9 Å². The lowest BCUT2D eigenvalue weighted by Gasteiger charge is -2.11. The molecule has 15 heavy (non-hydrogen) atoms. The van der Waals surface area contributed by atoms with E-state index < -0.39 is 0 Å². The quantitative estimate of drug-likeness (QED) is 0.716. The van der Waals surface area contributed by atoms with Crippen LogP contribution >= 0.6 is 35.3 Å². The van der Waals surface area contributed by atoms with E-state index in [1.54, 1.807) is 23.5 Å². The van der Waals surface area contributed by atoms with E-state index in [2.05, 4.69) is 37.8 Å². The molecule has 3 heteroatoms. The number of hydrogen-bond donors (Lipinski definition) is 0. The van der Waals surface area contributed by atoms with Crippen molar-refractivity contribution in [2.75, 3.05) is 18.8 Å². The molecule has 0 saturated carbocycles. The van der Waals surface area contributed by atoms with Crippen LogP contribution in [0.5, 0.6) is 0 Å². The molecular weight excluding hydrogens is 240 g/mol. The zero-order chi connectivity index (χ0) is 11.3. The molecule has 0 aliphatic carbocycles. The first-order valence-corrected chi connectivity index (χ1v) is 8.20. The molecule has 1 radical (unpaired) electrons. The lowest BCUT2D eigenvalue weighted by molar-refractivity contribution is 1.12. The second-order valence-electron chi connectivity index (χ2n) is 2.86. The molecule has 0 spiro atoms. The van der Waals surface area contributed by atoms with Gasteiger partial charge in [-0.25, -0.2) is 0 Å². The summed E-state index contributed by atoms with van der Waals surface area (Å²) in [4.78, 5) is 4.08. The molecule has 0 N–H and O–H groups in total. The van der Waals surface area contributed by atoms with E-state index in [0.717, 1.165) is 0 Å². The Bertz CT molecular complexity index is 331. The molecule has 0 unspecified atom stereocenters. The van der Waals surface area contributed by atoms with Gasteiger partial charge in [0.1, 0.15) is 0 Å². The van der Waals surface area contributed by atoms with Crippen molar-refractivity contribution in [2.24, 2.45) is 0 Å². The zero-order valence-corrected chi connectivity index (χ0v) is 11.7. The second kappa shape index (κ2) is 6.56. The molecule has 0 aromatic heterocycles. The smallest absolute Gasteiger partial charge is 0.0342 e. The van der Waals surface area contributed by atoms with Crippen LogP contribution in [-0.4, -0.2) is 18.8 Å². The fourth-order valence-corrected chi connectivity index (χ4v) is 4.02. The van der Waals surface area contributed by atoms with Crippen LogP contribution in [0.15, 0.2) is 32.9 Å². The largest absolute Gasteiger partial charge is 0.128 e. The standard InChI is InChI=1S/C12H15S3/c1-5-6-9-7-10(13-2)12(15-4)11(8-9)14-3/h5-8H,1H2,2-4H3/b6-5+. The molecule has 1 aromatic carbocycles. The predicted molar refractivity (Wildman–Crippen MR) is 76.2 cm³/mol. The molecule has 0 fully saturated rings. The van der Waals surface area contributed by atoms with E-state index in [1.165, 1.54) is 20.2 Å². The molecule has 1 aromatic rings. The molecule has 0 saturated heterocycles. The first-order valence-electron chi connectivity index (χ1n) is 4.52. The highest BCUT2D eigenvalue weighted by molar-refractivity contribution is 8.03. The number of allylic oxidation sites excluding steroid dienone is 1. The third kappa shape index (κ3) is 3.23. The monoisotopic (exact) mass is 255 g/mol. The average Bonchev–Trinajstić information content (AvgIpc) is 2.28. The second-order valence-corrected chi connectivity index (χ2v) is 5.37. The first-order chi connectivity index (χ1) is 7.26. The molecule has 81 valence electrons. The highest BCUT2D eigenvalue weighted by Gasteiger charge is 2.07. The van der Waals surface area contributed by atoms with Gasteiger partial charge in [0, 0.05) is 14.7 Å². The van der Waals surface area contributed by atoms with Gasteiger partial charge in [-0.15, -0.1) is 35.3 Å². The highest BCUT2D eigenvalue weighted by Crippen LogP contribution is 2.37. The van der Waals surface area contributed by atoms with Crippen molar-refractivity contribution in [3.8, 4) is 0 Å². The zero-order valence-electron chi connectivity index (χ0n) is 9.24. The molecule has 0 amide bonds. The minimum absolute atomic E-state index is 1.23. The predicted octanol–water partition coefficient (Wildman–Crippen LogP) is 4.70. The van der Waals surface area contributed by atoms with Crippen LogP contribution in [0.2, 0.25) is 0 Å². The van der Waals surface area contributed by atoms with Crippen molar-refractivity contribution >= 4 is 41.4 Å². The van der Waals surface area contributed by atoms with Gasteiger partial charge in [-0.1, -0.05) is 12.2 Å². The topological polar surface area (TPSA) is 0 Å². The van der Waals surface area contributed by atoms with Crippen molar-refractivity contribution in [1.82, 2.24) is 0 Å². The maximum absolute atomic E-state index is 3.74. The summed E-state index contributed by atoms with van der Waals surface area (Å²) in [5.74, 6) is 0. The van der Waals surface area contributed by atoms with Crippen LogP contribution in [0.4, 0.5) is 0 Å². The average molecular weight is 255 g/mol. The molecule has 0 heterocycles. The van der Waals surface area contributed by atoms with Crippen LogP contribution in [-0.2, 0) is 0 Å². The van der Waals surface area contributed by atoms with Gasteiger partial charge in [0.05, 0.1) is 0 Å². The van der Waals surface area contributed by atoms with E-state index >= 15 is 0 Å². The minimum Gasteiger partial charge on any atom is -0.128 e. The fraction of sp³-hybridized carbons (Fsp3) is 0.250. The summed E-state index contributed by atoms with van der Waals surface area (Å²) < 4.78 is 0. The maximum atomic E-state index is 3.74. The Morgan fingerprint density at radius 2 is 1.53 bits per heavy atom. The van der Waals surface area contributed by atoms with E-state index in [-0.39, 0.29) is 0 Å². The number of benzene rings is 1. The summed E-state index contributed by atoms with van der Waals surface area (Å²) in [6, 6.07) is 4.44. The molecule has 0 atom stereocenters. The van der Waals surface area contributed by atoms with Crippen LogP contribution in [0, 0.1) is 6.92 Å². The van der Waals surface area contributed by atoms with Gasteiger partial charge in [-0.05, 0) is 43.4 Å². The van der Waals surface area contributed by atoms with Crippen LogP contribution < -0.4 is 0 Å². The Balaban J connectivity index is 3.28. The Labute approximate surface area is 105 Å². The van der Waals surface area contributed by atoms with Gasteiger partial charge in [0.2, 0.25) is 0 Å². The normalized spacial score (nSPS) is 11.2. The number of rotatable bonds is 4. The van der Waals surface area contributed by atoms with Crippen molar-refractivity contribution in [3.63, 3.8) is 0 Å². The van der Waals surface area contributed by atoms with Crippen molar-refractivity contribution < 1.29 is 0 Å². The first kappa shape index (κ1) is 13.1. The van der Waals surface area contributed by atoms with Gasteiger partial charge in [-0.3, -0.25) is 0 Å². The highest BCUT2D eigenvalue weighted by atomic mass is 32.2. The molecule has 0 aliphatic heterocycles. The Hall–Kier alpha value is 0.01000. The summed E-state index contributed by atoms with van der Waals surface area (Å²) in [5.41, 5.74) is 1.23. The summed E-state index contributed by atoms with van der Waals surface area (Å²) in [5, 5.41) is 0. The van der Waals surface area contributed by atoms with Gasteiger partial charge in [0.15, 0.2) is 0 Å². The molecular formula is C12H15S3. The van der Waals surface area contributed by atoms with Crippen molar-refractivity contribution in [2.45, 2.75) is 14.7 Å². The molecule has 1 rings (SSSR count). The van der Waals surface area contributed by atoms with E-state index in [0.29, 0.717) is 0 Å². The van der Waals surface area contributed by atoms with E-state index in [4.69, 9.17) is 0 Å². The summed E-state index contributed by atoms with van der Waals surface area (Å²) >= 11 is 5.42. The third-order valence-corrected chi connectivity index (χ3v) is 4.63. The number of thioether (sulfide) groups is 3. The summed E-state index contributed by atoms with van der Waals surface area (Å²) in [6.07, 6.45) is 10.3. The Morgan fingerprint density at radius 3 is 1.87 bits per heavy atom. The Morgan fingerprint density at radius 1 is 1.00 bits per heavy atom. The van der Waals surface area contributed by atoms with Gasteiger partial charge in [-0.2, -0.15) is 0 Å². The maximum Gasteiger partial charge on any atom is 0.0342 e. The van der Waals surface area contributed by atoms with Gasteiger partial charge in [0.25, 0.3) is 0 Å². The molecule has 0 nitrogen and oxygen atoms in total. The van der Waals surface area contributed by atoms with Gasteiger partial charge >= 0.3 is 0 Å². The minimum atomic E-state index is 1.23. The van der Waals surface area contributed by atoms with Crippen molar-refractivity contribution in [3.05, 3.63) is 30.7 Å². The van der Waals surface area contributed by atoms with Crippen molar-refractivity contribution in [1.29, 1.82) is 0 Å². The fourth-order valence-electron chi connectivity index (χ4n) is 1.33. The van der Waals surface area contributed by atoms with Crippen LogP contribution in [0.1, 0.15) is 5.56 Å². The van der Waals surface area contributed by atoms with E-state index in [9.17, 15) is 0 Å². The third-order valence-electron chi connectivity index (χ3n) is 2.00. The summed E-state index contributed by atoms with van der Waals surface area (Å²) in [6.45, 7) is 3.74. The lowest BCUT2D eigenvalue weighted by Crippen LogP contribution is -1.85. The lowest BCUT2D eigenvalue weighted by atomic mass is 10.2.